The van der Waals surface area contributed by atoms with Gasteiger partial charge in [0.1, 0.15) is 5.84 Å². The summed E-state index contributed by atoms with van der Waals surface area (Å²) in [6.45, 7) is 3.91. The number of amidine groups is 1. The summed E-state index contributed by atoms with van der Waals surface area (Å²) in [6, 6.07) is 0. The van der Waals surface area contributed by atoms with Crippen molar-refractivity contribution in [3.05, 3.63) is 11.9 Å². The molecule has 52 valence electrons. The van der Waals surface area contributed by atoms with Crippen molar-refractivity contribution in [2.75, 3.05) is 13.1 Å². The van der Waals surface area contributed by atoms with Gasteiger partial charge < -0.3 is 4.90 Å². The van der Waals surface area contributed by atoms with Crippen LogP contribution in [0.3, 0.4) is 0 Å². The second-order valence-electron chi connectivity index (χ2n) is 2.46. The molecule has 0 N–H and O–H groups in total. The van der Waals surface area contributed by atoms with Gasteiger partial charge in [-0.1, -0.05) is 0 Å². The van der Waals surface area contributed by atoms with Gasteiger partial charge in [-0.2, -0.15) is 0 Å². The van der Waals surface area contributed by atoms with Crippen LogP contribution < -0.4 is 0 Å². The molecule has 2 rings (SSSR count). The van der Waals surface area contributed by atoms with Gasteiger partial charge in [-0.25, -0.2) is 0 Å². The summed E-state index contributed by atoms with van der Waals surface area (Å²) in [5.41, 5.74) is 1.06. The minimum atomic E-state index is 0.908. The molecule has 2 aliphatic rings. The molecular formula is C7H9N3. The molecule has 0 radical (unpaired) electrons. The zero-order chi connectivity index (χ0) is 6.97. The summed E-state index contributed by atoms with van der Waals surface area (Å²) in [7, 11) is 0. The summed E-state index contributed by atoms with van der Waals surface area (Å²) in [4.78, 5) is 10.5. The number of allylic oxidation sites excluding steroid dienone is 1. The van der Waals surface area contributed by atoms with Gasteiger partial charge in [0.15, 0.2) is 0 Å². The zero-order valence-electron chi connectivity index (χ0n) is 5.91. The lowest BCUT2D eigenvalue weighted by atomic mass is 10.4. The lowest BCUT2D eigenvalue weighted by Crippen LogP contribution is -2.25. The predicted molar refractivity (Wildman–Crippen MR) is 41.3 cm³/mol. The second kappa shape index (κ2) is 1.94. The number of nitrogens with zero attached hydrogens (tertiary/aromatic N) is 3. The normalized spacial score (nSPS) is 22.3. The predicted octanol–water partition coefficient (Wildman–Crippen LogP) is 0.646. The van der Waals surface area contributed by atoms with Gasteiger partial charge in [0.05, 0.1) is 18.5 Å². The van der Waals surface area contributed by atoms with Crippen molar-refractivity contribution in [3.63, 3.8) is 0 Å². The van der Waals surface area contributed by atoms with E-state index in [0.717, 1.165) is 24.6 Å². The van der Waals surface area contributed by atoms with Crippen LogP contribution in [0.2, 0.25) is 0 Å². The highest BCUT2D eigenvalue weighted by Crippen LogP contribution is 2.09. The van der Waals surface area contributed by atoms with Crippen molar-refractivity contribution in [1.29, 1.82) is 0 Å². The third-order valence-corrected chi connectivity index (χ3v) is 1.64. The average Bonchev–Trinajstić information content (AvgIpc) is 2.33. The molecule has 0 fully saturated rings. The van der Waals surface area contributed by atoms with E-state index in [1.165, 1.54) is 0 Å². The SMILES string of the molecule is CC1=CN2CCN=C2C=N1. The maximum Gasteiger partial charge on any atom is 0.146 e. The lowest BCUT2D eigenvalue weighted by Gasteiger charge is -2.15. The molecule has 3 heteroatoms. The molecule has 0 unspecified atom stereocenters. The molecule has 10 heavy (non-hydrogen) atoms. The van der Waals surface area contributed by atoms with Crippen LogP contribution in [0, 0.1) is 0 Å². The first-order valence-electron chi connectivity index (χ1n) is 3.40. The van der Waals surface area contributed by atoms with E-state index in [1.807, 2.05) is 19.3 Å². The number of fused-ring (bicyclic) bond motifs is 1. The van der Waals surface area contributed by atoms with Crippen molar-refractivity contribution in [3.8, 4) is 0 Å². The molecule has 0 spiro atoms. The Morgan fingerprint density at radius 1 is 1.60 bits per heavy atom. The Morgan fingerprint density at radius 2 is 2.50 bits per heavy atom. The molecule has 0 aromatic carbocycles. The van der Waals surface area contributed by atoms with Gasteiger partial charge in [0.2, 0.25) is 0 Å². The Kier molecular flexibility index (Phi) is 1.09. The van der Waals surface area contributed by atoms with Crippen molar-refractivity contribution in [1.82, 2.24) is 4.90 Å². The van der Waals surface area contributed by atoms with Crippen LogP contribution in [0.1, 0.15) is 6.92 Å². The minimum absolute atomic E-state index is 0.908. The zero-order valence-corrected chi connectivity index (χ0v) is 5.91. The van der Waals surface area contributed by atoms with Gasteiger partial charge in [-0.05, 0) is 6.92 Å². The molecule has 0 saturated carbocycles. The second-order valence-corrected chi connectivity index (χ2v) is 2.46. The van der Waals surface area contributed by atoms with Gasteiger partial charge in [0.25, 0.3) is 0 Å². The maximum atomic E-state index is 4.24. The van der Waals surface area contributed by atoms with Gasteiger partial charge in [-0.3, -0.25) is 9.98 Å². The van der Waals surface area contributed by atoms with E-state index in [1.54, 1.807) is 0 Å². The van der Waals surface area contributed by atoms with Crippen LogP contribution in [0.5, 0.6) is 0 Å². The largest absolute Gasteiger partial charge is 0.328 e. The average molecular weight is 135 g/mol. The highest BCUT2D eigenvalue weighted by Gasteiger charge is 2.15. The maximum absolute atomic E-state index is 4.24. The summed E-state index contributed by atoms with van der Waals surface area (Å²) in [5, 5.41) is 0. The van der Waals surface area contributed by atoms with Crippen molar-refractivity contribution in [2.24, 2.45) is 9.98 Å². The third-order valence-electron chi connectivity index (χ3n) is 1.64. The number of hydrogen-bond donors (Lipinski definition) is 0. The number of hydrogen-bond acceptors (Lipinski definition) is 3. The summed E-state index contributed by atoms with van der Waals surface area (Å²) < 4.78 is 0. The summed E-state index contributed by atoms with van der Waals surface area (Å²) in [6.07, 6.45) is 3.86. The Morgan fingerprint density at radius 3 is 3.40 bits per heavy atom. The van der Waals surface area contributed by atoms with E-state index in [-0.39, 0.29) is 0 Å². The summed E-state index contributed by atoms with van der Waals surface area (Å²) in [5.74, 6) is 1.01. The molecule has 0 aromatic heterocycles. The number of aliphatic imine (C=N–C) groups is 2. The highest BCUT2D eigenvalue weighted by atomic mass is 15.2. The van der Waals surface area contributed by atoms with E-state index in [4.69, 9.17) is 0 Å². The molecule has 0 aromatic rings. The summed E-state index contributed by atoms with van der Waals surface area (Å²) >= 11 is 0. The monoisotopic (exact) mass is 135 g/mol. The van der Waals surface area contributed by atoms with Crippen molar-refractivity contribution >= 4 is 12.1 Å². The van der Waals surface area contributed by atoms with Crippen LogP contribution in [0.25, 0.3) is 0 Å². The van der Waals surface area contributed by atoms with Crippen LogP contribution in [0.15, 0.2) is 21.9 Å². The fourth-order valence-corrected chi connectivity index (χ4v) is 1.14. The molecule has 0 bridgehead atoms. The van der Waals surface area contributed by atoms with Crippen LogP contribution in [-0.2, 0) is 0 Å². The topological polar surface area (TPSA) is 28.0 Å². The Balaban J connectivity index is 2.32. The van der Waals surface area contributed by atoms with Crippen molar-refractivity contribution < 1.29 is 0 Å². The Bertz CT molecular complexity index is 237. The fourth-order valence-electron chi connectivity index (χ4n) is 1.14. The Labute approximate surface area is 59.8 Å². The van der Waals surface area contributed by atoms with Gasteiger partial charge in [-0.15, -0.1) is 0 Å². The fraction of sp³-hybridized carbons (Fsp3) is 0.429. The first-order valence-corrected chi connectivity index (χ1v) is 3.40. The number of rotatable bonds is 0. The first-order chi connectivity index (χ1) is 4.86. The van der Waals surface area contributed by atoms with E-state index in [0.29, 0.717) is 0 Å². The van der Waals surface area contributed by atoms with Gasteiger partial charge >= 0.3 is 0 Å². The minimum Gasteiger partial charge on any atom is -0.328 e. The third kappa shape index (κ3) is 0.744. The molecule has 0 saturated heterocycles. The van der Waals surface area contributed by atoms with E-state index < -0.39 is 0 Å². The molecule has 2 aliphatic heterocycles. The standard InChI is InChI=1S/C7H9N3/c1-6-5-10-3-2-8-7(10)4-9-6/h4-5H,2-3H2,1H3. The lowest BCUT2D eigenvalue weighted by molar-refractivity contribution is 0.607. The van der Waals surface area contributed by atoms with E-state index in [9.17, 15) is 0 Å². The molecule has 2 heterocycles. The smallest absolute Gasteiger partial charge is 0.146 e. The van der Waals surface area contributed by atoms with Crippen molar-refractivity contribution in [2.45, 2.75) is 6.92 Å². The van der Waals surface area contributed by atoms with Crippen LogP contribution >= 0.6 is 0 Å². The quantitative estimate of drug-likeness (QED) is 0.479. The van der Waals surface area contributed by atoms with E-state index >= 15 is 0 Å². The molecule has 0 amide bonds. The molecule has 3 nitrogen and oxygen atoms in total. The first kappa shape index (κ1) is 5.65. The Hall–Kier alpha value is -1.12. The highest BCUT2D eigenvalue weighted by molar-refractivity contribution is 6.30. The molecule has 0 aliphatic carbocycles. The van der Waals surface area contributed by atoms with E-state index in [2.05, 4.69) is 14.9 Å². The molecule has 0 atom stereocenters. The van der Waals surface area contributed by atoms with Crippen LogP contribution in [0.4, 0.5) is 0 Å². The molecular weight excluding hydrogens is 126 g/mol. The van der Waals surface area contributed by atoms with Gasteiger partial charge in [0, 0.05) is 12.7 Å². The van der Waals surface area contributed by atoms with Crippen LogP contribution in [-0.4, -0.2) is 30.0 Å².